The van der Waals surface area contributed by atoms with Gasteiger partial charge >= 0.3 is 0 Å². The highest BCUT2D eigenvalue weighted by atomic mass is 35.5. The van der Waals surface area contributed by atoms with Crippen molar-refractivity contribution in [1.82, 2.24) is 24.9 Å². The van der Waals surface area contributed by atoms with E-state index in [2.05, 4.69) is 46.3 Å². The van der Waals surface area contributed by atoms with Gasteiger partial charge < -0.3 is 9.47 Å². The Bertz CT molecular complexity index is 970. The number of aromatic nitrogens is 4. The lowest BCUT2D eigenvalue weighted by atomic mass is 10.1. The molecule has 1 atom stereocenters. The molecule has 1 aliphatic heterocycles. The molecule has 0 bridgehead atoms. The first kappa shape index (κ1) is 20.9. The number of aryl methyl sites for hydroxylation is 2. The van der Waals surface area contributed by atoms with Crippen molar-refractivity contribution in [2.24, 2.45) is 0 Å². The Morgan fingerprint density at radius 1 is 1.33 bits per heavy atom. The normalized spacial score (nSPS) is 17.4. The lowest BCUT2D eigenvalue weighted by molar-refractivity contribution is -0.0350. The third kappa shape index (κ3) is 5.22. The number of hydrogen-bond acceptors (Lipinski definition) is 5. The van der Waals surface area contributed by atoms with Crippen LogP contribution in [0, 0.1) is 6.92 Å². The van der Waals surface area contributed by atoms with Crippen LogP contribution in [0.5, 0.6) is 5.75 Å². The largest absolute Gasteiger partial charge is 0.493 e. The van der Waals surface area contributed by atoms with E-state index >= 15 is 0 Å². The van der Waals surface area contributed by atoms with Crippen LogP contribution in [-0.4, -0.2) is 51.2 Å². The van der Waals surface area contributed by atoms with Gasteiger partial charge in [0.2, 0.25) is 0 Å². The molecule has 7 nitrogen and oxygen atoms in total. The number of hydrogen-bond donors (Lipinski definition) is 1. The van der Waals surface area contributed by atoms with E-state index in [1.165, 1.54) is 5.56 Å². The smallest absolute Gasteiger partial charge is 0.120 e. The average molecular weight is 430 g/mol. The zero-order chi connectivity index (χ0) is 20.9. The second-order valence-corrected chi connectivity index (χ2v) is 8.00. The molecular formula is C22H28ClN5O2. The predicted octanol–water partition coefficient (Wildman–Crippen LogP) is 3.78. The van der Waals surface area contributed by atoms with Crippen LogP contribution in [0.3, 0.4) is 0 Å². The molecule has 1 unspecified atom stereocenters. The average Bonchev–Trinajstić information content (AvgIpc) is 3.35. The molecule has 3 aromatic rings. The molecule has 2 aromatic heterocycles. The van der Waals surface area contributed by atoms with Crippen LogP contribution in [0.4, 0.5) is 0 Å². The monoisotopic (exact) mass is 429 g/mol. The van der Waals surface area contributed by atoms with Crippen molar-refractivity contribution in [2.45, 2.75) is 39.5 Å². The van der Waals surface area contributed by atoms with Crippen LogP contribution < -0.4 is 4.74 Å². The molecular weight excluding hydrogens is 402 g/mol. The molecule has 0 radical (unpaired) electrons. The van der Waals surface area contributed by atoms with Crippen molar-refractivity contribution < 1.29 is 9.47 Å². The Morgan fingerprint density at radius 2 is 2.23 bits per heavy atom. The molecule has 0 amide bonds. The number of nitrogens with zero attached hydrogens (tertiary/aromatic N) is 4. The Labute approximate surface area is 181 Å². The van der Waals surface area contributed by atoms with E-state index in [1.807, 2.05) is 28.9 Å². The fraction of sp³-hybridized carbons (Fsp3) is 0.455. The third-order valence-corrected chi connectivity index (χ3v) is 5.57. The molecule has 1 saturated heterocycles. The lowest BCUT2D eigenvalue weighted by Crippen LogP contribution is -2.38. The standard InChI is InChI=1S/C22H28ClN5O2/c1-3-28-14-17(16(2)26-28)13-27-8-10-30-22(15-27)21-12-19(24-25-21)7-9-29-20-6-4-5-18(23)11-20/h4-6,11-12,14,22H,3,7-10,13,15H2,1-2H3,(H,24,25). The summed E-state index contributed by atoms with van der Waals surface area (Å²) in [5, 5.41) is 12.8. The number of halogens is 1. The number of benzene rings is 1. The van der Waals surface area contributed by atoms with E-state index in [-0.39, 0.29) is 6.10 Å². The summed E-state index contributed by atoms with van der Waals surface area (Å²) in [6.07, 6.45) is 2.86. The Kier molecular flexibility index (Phi) is 6.72. The highest BCUT2D eigenvalue weighted by molar-refractivity contribution is 6.30. The van der Waals surface area contributed by atoms with Crippen LogP contribution in [0.2, 0.25) is 5.02 Å². The number of morpholine rings is 1. The molecule has 3 heterocycles. The van der Waals surface area contributed by atoms with E-state index in [4.69, 9.17) is 21.1 Å². The first-order chi connectivity index (χ1) is 14.6. The van der Waals surface area contributed by atoms with Crippen molar-refractivity contribution >= 4 is 11.6 Å². The first-order valence-corrected chi connectivity index (χ1v) is 10.8. The lowest BCUT2D eigenvalue weighted by Gasteiger charge is -2.31. The minimum Gasteiger partial charge on any atom is -0.493 e. The molecule has 0 spiro atoms. The van der Waals surface area contributed by atoms with E-state index < -0.39 is 0 Å². The summed E-state index contributed by atoms with van der Waals surface area (Å²) >= 11 is 5.99. The van der Waals surface area contributed by atoms with Gasteiger partial charge in [0.25, 0.3) is 0 Å². The predicted molar refractivity (Wildman–Crippen MR) is 116 cm³/mol. The molecule has 30 heavy (non-hydrogen) atoms. The molecule has 1 N–H and O–H groups in total. The molecule has 8 heteroatoms. The summed E-state index contributed by atoms with van der Waals surface area (Å²) in [5.41, 5.74) is 4.35. The Hall–Kier alpha value is -2.35. The van der Waals surface area contributed by atoms with E-state index in [0.29, 0.717) is 18.2 Å². The van der Waals surface area contributed by atoms with Crippen LogP contribution in [0.15, 0.2) is 36.5 Å². The van der Waals surface area contributed by atoms with Crippen molar-refractivity contribution in [1.29, 1.82) is 0 Å². The van der Waals surface area contributed by atoms with Crippen molar-refractivity contribution in [3.8, 4) is 5.75 Å². The van der Waals surface area contributed by atoms with Gasteiger partial charge in [-0.2, -0.15) is 10.2 Å². The number of aromatic amines is 1. The zero-order valence-corrected chi connectivity index (χ0v) is 18.2. The third-order valence-electron chi connectivity index (χ3n) is 5.33. The van der Waals surface area contributed by atoms with Gasteiger partial charge in [-0.3, -0.25) is 14.7 Å². The van der Waals surface area contributed by atoms with E-state index in [1.54, 1.807) is 0 Å². The summed E-state index contributed by atoms with van der Waals surface area (Å²) in [4.78, 5) is 2.41. The van der Waals surface area contributed by atoms with Gasteiger partial charge in [0.1, 0.15) is 11.9 Å². The fourth-order valence-electron chi connectivity index (χ4n) is 3.65. The topological polar surface area (TPSA) is 68.2 Å². The molecule has 160 valence electrons. The van der Waals surface area contributed by atoms with E-state index in [9.17, 15) is 0 Å². The van der Waals surface area contributed by atoms with Gasteiger partial charge in [-0.25, -0.2) is 0 Å². The molecule has 0 aliphatic carbocycles. The molecule has 1 aliphatic rings. The molecule has 1 fully saturated rings. The number of H-pyrrole nitrogens is 1. The Morgan fingerprint density at radius 3 is 3.03 bits per heavy atom. The van der Waals surface area contributed by atoms with Crippen molar-refractivity contribution in [3.05, 3.63) is 64.2 Å². The van der Waals surface area contributed by atoms with Crippen LogP contribution in [0.25, 0.3) is 0 Å². The Balaban J connectivity index is 1.30. The molecule has 1 aromatic carbocycles. The van der Waals surface area contributed by atoms with Crippen molar-refractivity contribution in [2.75, 3.05) is 26.3 Å². The number of ether oxygens (including phenoxy) is 2. The molecule has 0 saturated carbocycles. The second kappa shape index (κ2) is 9.64. The van der Waals surface area contributed by atoms with Crippen LogP contribution >= 0.6 is 11.6 Å². The van der Waals surface area contributed by atoms with Gasteiger partial charge in [-0.15, -0.1) is 0 Å². The SMILES string of the molecule is CCn1cc(CN2CCOC(c3cc(CCOc4cccc(Cl)c4)[nH]n3)C2)c(C)n1. The van der Waals surface area contributed by atoms with Gasteiger partial charge in [0.05, 0.1) is 24.6 Å². The summed E-state index contributed by atoms with van der Waals surface area (Å²) in [5.74, 6) is 0.773. The number of rotatable bonds is 8. The van der Waals surface area contributed by atoms with Crippen LogP contribution in [0.1, 0.15) is 35.7 Å². The number of nitrogens with one attached hydrogen (secondary N) is 1. The zero-order valence-electron chi connectivity index (χ0n) is 17.5. The van der Waals surface area contributed by atoms with Gasteiger partial charge in [-0.05, 0) is 38.1 Å². The van der Waals surface area contributed by atoms with Gasteiger partial charge in [-0.1, -0.05) is 17.7 Å². The maximum Gasteiger partial charge on any atom is 0.120 e. The summed E-state index contributed by atoms with van der Waals surface area (Å²) in [6.45, 7) is 8.95. The highest BCUT2D eigenvalue weighted by Crippen LogP contribution is 2.23. The summed E-state index contributed by atoms with van der Waals surface area (Å²) < 4.78 is 13.8. The van der Waals surface area contributed by atoms with Crippen LogP contribution in [-0.2, 0) is 24.2 Å². The van der Waals surface area contributed by atoms with E-state index in [0.717, 1.165) is 55.4 Å². The second-order valence-electron chi connectivity index (χ2n) is 7.56. The minimum atomic E-state index is -0.0286. The fourth-order valence-corrected chi connectivity index (χ4v) is 3.83. The molecule has 4 rings (SSSR count). The quantitative estimate of drug-likeness (QED) is 0.590. The maximum absolute atomic E-state index is 6.00. The van der Waals surface area contributed by atoms with Crippen molar-refractivity contribution in [3.63, 3.8) is 0 Å². The summed E-state index contributed by atoms with van der Waals surface area (Å²) in [6, 6.07) is 9.51. The summed E-state index contributed by atoms with van der Waals surface area (Å²) in [7, 11) is 0. The maximum atomic E-state index is 6.00. The van der Waals surface area contributed by atoms with Gasteiger partial charge in [0.15, 0.2) is 0 Å². The first-order valence-electron chi connectivity index (χ1n) is 10.4. The highest BCUT2D eigenvalue weighted by Gasteiger charge is 2.25. The van der Waals surface area contributed by atoms with Gasteiger partial charge in [0, 0.05) is 55.1 Å². The minimum absolute atomic E-state index is 0.0286.